The molecule has 0 aliphatic carbocycles. The third-order valence-electron chi connectivity index (χ3n) is 6.46. The standard InChI is InChI=1S/C27H22N4O9S3/c1-17-13-18-5-2-3-8-23(18)30(17)43(38,39)22-7-4-6-19(14-22)26(33)40-16-24(32)29-27-28-15-25(41-27)42(36,37)21-11-9-20(10-12-21)31(34)35/h2-12,14-15,17H,13,16H2,1H3,(H,28,29,32). The monoisotopic (exact) mass is 642 g/mol. The van der Waals surface area contributed by atoms with Crippen molar-refractivity contribution in [2.24, 2.45) is 0 Å². The Morgan fingerprint density at radius 3 is 2.49 bits per heavy atom. The SMILES string of the molecule is CC1Cc2ccccc2N1S(=O)(=O)c1cccc(C(=O)OCC(=O)Nc2ncc(S(=O)(=O)c3ccc([N+](=O)[O-])cc3)s2)c1. The van der Waals surface area contributed by atoms with Gasteiger partial charge in [0.2, 0.25) is 9.84 Å². The number of para-hydroxylation sites is 1. The summed E-state index contributed by atoms with van der Waals surface area (Å²) in [7, 11) is -8.06. The van der Waals surface area contributed by atoms with Gasteiger partial charge in [0.05, 0.1) is 32.2 Å². The Kier molecular flexibility index (Phi) is 8.00. The summed E-state index contributed by atoms with van der Waals surface area (Å²) in [4.78, 5) is 38.8. The summed E-state index contributed by atoms with van der Waals surface area (Å²) in [6.45, 7) is 1.04. The highest BCUT2D eigenvalue weighted by atomic mass is 32.2. The first-order chi connectivity index (χ1) is 20.4. The summed E-state index contributed by atoms with van der Waals surface area (Å²) in [5.74, 6) is -1.75. The van der Waals surface area contributed by atoms with Gasteiger partial charge in [-0.2, -0.15) is 0 Å². The van der Waals surface area contributed by atoms with E-state index in [1.807, 2.05) is 12.1 Å². The van der Waals surface area contributed by atoms with E-state index >= 15 is 0 Å². The lowest BCUT2D eigenvalue weighted by Crippen LogP contribution is -2.35. The summed E-state index contributed by atoms with van der Waals surface area (Å²) in [5.41, 5.74) is 1.12. The Morgan fingerprint density at radius 2 is 1.77 bits per heavy atom. The van der Waals surface area contributed by atoms with Crippen molar-refractivity contribution in [1.29, 1.82) is 0 Å². The average molecular weight is 643 g/mol. The molecule has 0 fully saturated rings. The molecule has 0 saturated heterocycles. The van der Waals surface area contributed by atoms with Gasteiger partial charge in [-0.25, -0.2) is 26.6 Å². The van der Waals surface area contributed by atoms with Crippen molar-refractivity contribution in [3.05, 3.63) is 100 Å². The molecule has 222 valence electrons. The van der Waals surface area contributed by atoms with E-state index in [9.17, 15) is 36.5 Å². The third kappa shape index (κ3) is 5.97. The highest BCUT2D eigenvalue weighted by molar-refractivity contribution is 7.93. The zero-order chi connectivity index (χ0) is 30.9. The van der Waals surface area contributed by atoms with Gasteiger partial charge in [-0.1, -0.05) is 35.6 Å². The molecule has 4 aromatic rings. The second-order valence-electron chi connectivity index (χ2n) is 9.37. The Labute approximate surface area is 249 Å². The Bertz CT molecular complexity index is 1960. The number of rotatable bonds is 9. The second kappa shape index (κ2) is 11.5. The molecule has 1 amide bonds. The van der Waals surface area contributed by atoms with Gasteiger partial charge >= 0.3 is 5.97 Å². The molecule has 0 spiro atoms. The molecule has 16 heteroatoms. The molecule has 1 unspecified atom stereocenters. The van der Waals surface area contributed by atoms with E-state index in [-0.39, 0.29) is 36.4 Å². The minimum Gasteiger partial charge on any atom is -0.452 e. The van der Waals surface area contributed by atoms with Crippen LogP contribution in [-0.4, -0.2) is 51.3 Å². The number of non-ortho nitro benzene ring substituents is 1. The number of thiazole rings is 1. The van der Waals surface area contributed by atoms with Crippen molar-refractivity contribution in [3.8, 4) is 0 Å². The topological polar surface area (TPSA) is 183 Å². The number of benzene rings is 3. The van der Waals surface area contributed by atoms with Crippen molar-refractivity contribution in [1.82, 2.24) is 4.98 Å². The van der Waals surface area contributed by atoms with Crippen molar-refractivity contribution in [3.63, 3.8) is 0 Å². The van der Waals surface area contributed by atoms with E-state index in [1.165, 1.54) is 28.6 Å². The molecule has 0 saturated carbocycles. The van der Waals surface area contributed by atoms with Crippen molar-refractivity contribution >= 4 is 59.6 Å². The first kappa shape index (κ1) is 29.8. The van der Waals surface area contributed by atoms with Gasteiger partial charge in [-0.05, 0) is 55.3 Å². The number of amides is 1. The molecule has 5 rings (SSSR count). The van der Waals surface area contributed by atoms with E-state index in [0.717, 1.165) is 36.0 Å². The summed E-state index contributed by atoms with van der Waals surface area (Å²) in [5, 5.41) is 13.1. The molecule has 13 nitrogen and oxygen atoms in total. The number of nitrogens with one attached hydrogen (secondary N) is 1. The van der Waals surface area contributed by atoms with Gasteiger partial charge < -0.3 is 4.74 Å². The fourth-order valence-corrected chi connectivity index (χ4v) is 8.66. The van der Waals surface area contributed by atoms with Crippen LogP contribution >= 0.6 is 11.3 Å². The van der Waals surface area contributed by atoms with E-state index < -0.39 is 43.3 Å². The number of carbonyl (C=O) groups is 2. The Hall–Kier alpha value is -4.67. The molecular formula is C27H22N4O9S3. The predicted octanol–water partition coefficient (Wildman–Crippen LogP) is 3.82. The number of sulfone groups is 1. The normalized spacial score (nSPS) is 14.6. The molecule has 43 heavy (non-hydrogen) atoms. The van der Waals surface area contributed by atoms with Crippen LogP contribution in [-0.2, 0) is 35.8 Å². The lowest BCUT2D eigenvalue weighted by atomic mass is 10.1. The van der Waals surface area contributed by atoms with E-state index in [0.29, 0.717) is 23.4 Å². The molecule has 1 N–H and O–H groups in total. The number of esters is 1. The molecular weight excluding hydrogens is 621 g/mol. The number of nitro groups is 1. The van der Waals surface area contributed by atoms with Crippen LogP contribution in [0.1, 0.15) is 22.8 Å². The molecule has 1 aliphatic heterocycles. The predicted molar refractivity (Wildman–Crippen MR) is 155 cm³/mol. The molecule has 0 radical (unpaired) electrons. The highest BCUT2D eigenvalue weighted by Crippen LogP contribution is 2.36. The number of fused-ring (bicyclic) bond motifs is 1. The van der Waals surface area contributed by atoms with Gasteiger partial charge in [-0.3, -0.25) is 24.5 Å². The van der Waals surface area contributed by atoms with Gasteiger partial charge in [0.25, 0.3) is 21.6 Å². The van der Waals surface area contributed by atoms with Crippen molar-refractivity contribution in [2.75, 3.05) is 16.2 Å². The summed E-state index contributed by atoms with van der Waals surface area (Å²) in [6, 6.07) is 16.5. The minimum atomic E-state index is -4.06. The summed E-state index contributed by atoms with van der Waals surface area (Å²) < 4.78 is 58.8. The van der Waals surface area contributed by atoms with Crippen LogP contribution in [0.5, 0.6) is 0 Å². The number of hydrogen-bond acceptors (Lipinski definition) is 11. The largest absolute Gasteiger partial charge is 0.452 e. The smallest absolute Gasteiger partial charge is 0.338 e. The number of aromatic nitrogens is 1. The van der Waals surface area contributed by atoms with Crippen LogP contribution in [0.4, 0.5) is 16.5 Å². The molecule has 3 aromatic carbocycles. The fourth-order valence-electron chi connectivity index (χ4n) is 4.47. The number of sulfonamides is 1. The quantitative estimate of drug-likeness (QED) is 0.160. The number of nitro benzene ring substituents is 1. The van der Waals surface area contributed by atoms with Crippen molar-refractivity contribution < 1.29 is 36.1 Å². The molecule has 0 bridgehead atoms. The summed E-state index contributed by atoms with van der Waals surface area (Å²) >= 11 is 0.639. The first-order valence-corrected chi connectivity index (χ1v) is 16.3. The third-order valence-corrected chi connectivity index (χ3v) is 11.5. The zero-order valence-corrected chi connectivity index (χ0v) is 24.7. The van der Waals surface area contributed by atoms with E-state index in [4.69, 9.17) is 4.74 Å². The van der Waals surface area contributed by atoms with Gasteiger partial charge in [0, 0.05) is 18.2 Å². The van der Waals surface area contributed by atoms with E-state index in [1.54, 1.807) is 19.1 Å². The summed E-state index contributed by atoms with van der Waals surface area (Å²) in [6.07, 6.45) is 1.57. The molecule has 1 aliphatic rings. The Balaban J connectivity index is 1.22. The first-order valence-electron chi connectivity index (χ1n) is 12.5. The average Bonchev–Trinajstić information content (AvgIpc) is 3.60. The lowest BCUT2D eigenvalue weighted by molar-refractivity contribution is -0.384. The lowest BCUT2D eigenvalue weighted by Gasteiger charge is -2.24. The molecule has 1 aromatic heterocycles. The number of ether oxygens (including phenoxy) is 1. The van der Waals surface area contributed by atoms with Crippen LogP contribution < -0.4 is 9.62 Å². The van der Waals surface area contributed by atoms with Gasteiger partial charge in [0.1, 0.15) is 4.21 Å². The second-order valence-corrected chi connectivity index (χ2v) is 14.4. The van der Waals surface area contributed by atoms with Crippen LogP contribution in [0.3, 0.4) is 0 Å². The fraction of sp³-hybridized carbons (Fsp3) is 0.148. The minimum absolute atomic E-state index is 0.0836. The van der Waals surface area contributed by atoms with Crippen molar-refractivity contribution in [2.45, 2.75) is 33.4 Å². The molecule has 2 heterocycles. The zero-order valence-electron chi connectivity index (χ0n) is 22.2. The Morgan fingerprint density at radius 1 is 1.05 bits per heavy atom. The maximum absolute atomic E-state index is 13.5. The maximum Gasteiger partial charge on any atom is 0.338 e. The maximum atomic E-state index is 13.5. The van der Waals surface area contributed by atoms with Crippen LogP contribution in [0.25, 0.3) is 0 Å². The van der Waals surface area contributed by atoms with Crippen LogP contribution in [0.2, 0.25) is 0 Å². The molecule has 1 atom stereocenters. The highest BCUT2D eigenvalue weighted by Gasteiger charge is 2.36. The van der Waals surface area contributed by atoms with Gasteiger partial charge in [0.15, 0.2) is 11.7 Å². The van der Waals surface area contributed by atoms with E-state index in [2.05, 4.69) is 10.3 Å². The van der Waals surface area contributed by atoms with Crippen LogP contribution in [0.15, 0.2) is 93.0 Å². The van der Waals surface area contributed by atoms with Gasteiger partial charge in [-0.15, -0.1) is 0 Å². The van der Waals surface area contributed by atoms with Crippen LogP contribution in [0, 0.1) is 10.1 Å². The number of anilines is 2. The number of carbonyl (C=O) groups excluding carboxylic acids is 2. The number of nitrogens with zero attached hydrogens (tertiary/aromatic N) is 3. The number of hydrogen-bond donors (Lipinski definition) is 1.